The maximum absolute atomic E-state index is 11.1. The lowest BCUT2D eigenvalue weighted by atomic mass is 9.93. The molecule has 0 radical (unpaired) electrons. The van der Waals surface area contributed by atoms with Gasteiger partial charge in [-0.15, -0.1) is 0 Å². The minimum absolute atomic E-state index is 0.448. The number of amides is 1. The van der Waals surface area contributed by atoms with Gasteiger partial charge < -0.3 is 21.1 Å². The fourth-order valence-corrected chi connectivity index (χ4v) is 3.64. The first-order chi connectivity index (χ1) is 13.4. The van der Waals surface area contributed by atoms with Crippen LogP contribution in [0.3, 0.4) is 0 Å². The van der Waals surface area contributed by atoms with Crippen LogP contribution < -0.4 is 16.4 Å². The van der Waals surface area contributed by atoms with Crippen molar-refractivity contribution in [1.82, 2.24) is 20.2 Å². The molecule has 0 saturated carbocycles. The zero-order valence-corrected chi connectivity index (χ0v) is 16.0. The number of carbonyl (C=O) groups excluding carboxylic acids is 1. The summed E-state index contributed by atoms with van der Waals surface area (Å²) in [4.78, 5) is 22.3. The largest absolute Gasteiger partial charge is 0.443 e. The van der Waals surface area contributed by atoms with Gasteiger partial charge in [0.2, 0.25) is 5.65 Å². The van der Waals surface area contributed by atoms with E-state index >= 15 is 0 Å². The van der Waals surface area contributed by atoms with E-state index in [1.807, 2.05) is 19.1 Å². The molecule has 10 heteroatoms. The second-order valence-electron chi connectivity index (χ2n) is 7.07. The molecule has 0 aliphatic carbocycles. The summed E-state index contributed by atoms with van der Waals surface area (Å²) in [6.07, 6.45) is 2.27. The van der Waals surface area contributed by atoms with Crippen LogP contribution in [-0.2, 0) is 4.74 Å². The SMILES string of the molecule is CC1(OC(N)=O)CCN(c2cnc3c(-c4cccc(N)c4Cl)[nH]nc3n2)CC1. The van der Waals surface area contributed by atoms with Gasteiger partial charge in [-0.25, -0.2) is 14.8 Å². The lowest BCUT2D eigenvalue weighted by molar-refractivity contribution is 0.0126. The molecule has 1 aliphatic rings. The van der Waals surface area contributed by atoms with Crippen LogP contribution >= 0.6 is 11.6 Å². The van der Waals surface area contributed by atoms with E-state index in [1.165, 1.54) is 0 Å². The second-order valence-corrected chi connectivity index (χ2v) is 7.44. The fourth-order valence-electron chi connectivity index (χ4n) is 3.42. The molecule has 1 aromatic carbocycles. The van der Waals surface area contributed by atoms with Crippen LogP contribution in [0.1, 0.15) is 19.8 Å². The van der Waals surface area contributed by atoms with Gasteiger partial charge in [0.05, 0.1) is 22.6 Å². The fraction of sp³-hybridized carbons (Fsp3) is 0.333. The number of carbonyl (C=O) groups is 1. The highest BCUT2D eigenvalue weighted by atomic mass is 35.5. The van der Waals surface area contributed by atoms with Crippen LogP contribution in [0.15, 0.2) is 24.4 Å². The van der Waals surface area contributed by atoms with E-state index in [0.717, 1.165) is 5.56 Å². The molecular weight excluding hydrogens is 382 g/mol. The summed E-state index contributed by atoms with van der Waals surface area (Å²) >= 11 is 6.33. The van der Waals surface area contributed by atoms with E-state index in [1.54, 1.807) is 12.3 Å². The van der Waals surface area contributed by atoms with Gasteiger partial charge in [0.25, 0.3) is 0 Å². The summed E-state index contributed by atoms with van der Waals surface area (Å²) in [7, 11) is 0. The van der Waals surface area contributed by atoms with E-state index in [0.29, 0.717) is 59.3 Å². The maximum Gasteiger partial charge on any atom is 0.405 e. The smallest absolute Gasteiger partial charge is 0.405 e. The van der Waals surface area contributed by atoms with Crippen molar-refractivity contribution < 1.29 is 9.53 Å². The van der Waals surface area contributed by atoms with Crippen LogP contribution in [0.4, 0.5) is 16.3 Å². The van der Waals surface area contributed by atoms with E-state index in [-0.39, 0.29) is 0 Å². The van der Waals surface area contributed by atoms with Gasteiger partial charge >= 0.3 is 6.09 Å². The van der Waals surface area contributed by atoms with Crippen molar-refractivity contribution in [2.75, 3.05) is 23.7 Å². The first-order valence-electron chi connectivity index (χ1n) is 8.85. The predicted octanol–water partition coefficient (Wildman–Crippen LogP) is 2.71. The summed E-state index contributed by atoms with van der Waals surface area (Å²) in [5.74, 6) is 0.713. The zero-order chi connectivity index (χ0) is 19.9. The number of nitrogens with one attached hydrogen (secondary N) is 1. The topological polar surface area (TPSA) is 136 Å². The summed E-state index contributed by atoms with van der Waals surface area (Å²) < 4.78 is 5.24. The third-order valence-corrected chi connectivity index (χ3v) is 5.46. The summed E-state index contributed by atoms with van der Waals surface area (Å²) in [6.45, 7) is 3.23. The predicted molar refractivity (Wildman–Crippen MR) is 107 cm³/mol. The quantitative estimate of drug-likeness (QED) is 0.574. The number of anilines is 2. The monoisotopic (exact) mass is 401 g/mol. The molecule has 0 unspecified atom stereocenters. The molecule has 1 fully saturated rings. The number of aromatic amines is 1. The number of nitrogens with two attached hydrogens (primary N) is 2. The summed E-state index contributed by atoms with van der Waals surface area (Å²) in [5, 5.41) is 7.68. The van der Waals surface area contributed by atoms with Crippen molar-refractivity contribution in [2.24, 2.45) is 5.73 Å². The molecule has 0 atom stereocenters. The first-order valence-corrected chi connectivity index (χ1v) is 9.23. The number of rotatable bonds is 3. The van der Waals surface area contributed by atoms with Crippen molar-refractivity contribution in [3.8, 4) is 11.3 Å². The third-order valence-electron chi connectivity index (χ3n) is 5.04. The number of halogens is 1. The summed E-state index contributed by atoms with van der Waals surface area (Å²) in [6, 6.07) is 5.41. The number of hydrogen-bond donors (Lipinski definition) is 3. The van der Waals surface area contributed by atoms with Crippen molar-refractivity contribution in [1.29, 1.82) is 0 Å². The Labute approximate surface area is 166 Å². The number of nitrogen functional groups attached to an aromatic ring is 1. The number of H-pyrrole nitrogens is 1. The van der Waals surface area contributed by atoms with Gasteiger partial charge in [0.1, 0.15) is 16.9 Å². The van der Waals surface area contributed by atoms with Crippen LogP contribution in [0, 0.1) is 0 Å². The molecule has 1 amide bonds. The Kier molecular flexibility index (Phi) is 4.46. The van der Waals surface area contributed by atoms with Gasteiger partial charge in [-0.1, -0.05) is 23.7 Å². The van der Waals surface area contributed by atoms with Gasteiger partial charge in [-0.3, -0.25) is 5.10 Å². The van der Waals surface area contributed by atoms with E-state index in [2.05, 4.69) is 25.1 Å². The molecule has 146 valence electrons. The average molecular weight is 402 g/mol. The molecule has 2 aromatic heterocycles. The number of primary amides is 1. The highest BCUT2D eigenvalue weighted by Gasteiger charge is 2.33. The van der Waals surface area contributed by atoms with Crippen LogP contribution in [0.2, 0.25) is 5.02 Å². The lowest BCUT2D eigenvalue weighted by Crippen LogP contribution is -2.46. The molecule has 28 heavy (non-hydrogen) atoms. The number of aromatic nitrogens is 4. The van der Waals surface area contributed by atoms with Crippen molar-refractivity contribution in [2.45, 2.75) is 25.4 Å². The highest BCUT2D eigenvalue weighted by molar-refractivity contribution is 6.36. The molecule has 1 saturated heterocycles. The number of nitrogens with zero attached hydrogens (tertiary/aromatic N) is 4. The standard InChI is InChI=1S/C18H20ClN7O2/c1-18(28-17(21)27)5-7-26(8-6-18)12-9-22-15-14(24-25-16(15)23-12)10-3-2-4-11(20)13(10)19/h2-4,9H,5-8,20H2,1H3,(H2,21,27)(H,23,24,25). The normalized spacial score (nSPS) is 16.3. The van der Waals surface area contributed by atoms with Crippen LogP contribution in [0.5, 0.6) is 0 Å². The number of ether oxygens (including phenoxy) is 1. The molecule has 3 heterocycles. The van der Waals surface area contributed by atoms with E-state index in [9.17, 15) is 4.79 Å². The van der Waals surface area contributed by atoms with Gasteiger partial charge in [-0.05, 0) is 13.0 Å². The number of fused-ring (bicyclic) bond motifs is 1. The minimum Gasteiger partial charge on any atom is -0.443 e. The van der Waals surface area contributed by atoms with Crippen molar-refractivity contribution >= 4 is 40.4 Å². The van der Waals surface area contributed by atoms with Crippen LogP contribution in [-0.4, -0.2) is 44.9 Å². The Morgan fingerprint density at radius 3 is 2.82 bits per heavy atom. The van der Waals surface area contributed by atoms with Crippen molar-refractivity contribution in [3.63, 3.8) is 0 Å². The number of hydrogen-bond acceptors (Lipinski definition) is 7. The minimum atomic E-state index is -0.749. The number of benzene rings is 1. The number of piperidine rings is 1. The molecule has 3 aromatic rings. The van der Waals surface area contributed by atoms with Gasteiger partial charge in [0, 0.05) is 31.5 Å². The maximum atomic E-state index is 11.1. The molecular formula is C18H20ClN7O2. The molecule has 0 spiro atoms. The Morgan fingerprint density at radius 2 is 2.11 bits per heavy atom. The molecule has 4 rings (SSSR count). The van der Waals surface area contributed by atoms with Gasteiger partial charge in [0.15, 0.2) is 0 Å². The summed E-state index contributed by atoms with van der Waals surface area (Å²) in [5.41, 5.74) is 13.5. The average Bonchev–Trinajstić information content (AvgIpc) is 3.07. The lowest BCUT2D eigenvalue weighted by Gasteiger charge is -2.38. The Balaban J connectivity index is 1.59. The molecule has 0 bridgehead atoms. The highest BCUT2D eigenvalue weighted by Crippen LogP contribution is 2.34. The van der Waals surface area contributed by atoms with Gasteiger partial charge in [-0.2, -0.15) is 5.10 Å². The Bertz CT molecular complexity index is 1040. The first kappa shape index (κ1) is 18.3. The second kappa shape index (κ2) is 6.83. The van der Waals surface area contributed by atoms with E-state index in [4.69, 9.17) is 27.8 Å². The van der Waals surface area contributed by atoms with Crippen molar-refractivity contribution in [3.05, 3.63) is 29.4 Å². The Hall–Kier alpha value is -3.07. The Morgan fingerprint density at radius 1 is 1.36 bits per heavy atom. The molecule has 9 nitrogen and oxygen atoms in total. The molecule has 5 N–H and O–H groups in total. The van der Waals surface area contributed by atoms with E-state index < -0.39 is 11.7 Å². The zero-order valence-electron chi connectivity index (χ0n) is 15.3. The third kappa shape index (κ3) is 3.29. The molecule has 1 aliphatic heterocycles. The van der Waals surface area contributed by atoms with Crippen LogP contribution in [0.25, 0.3) is 22.4 Å².